The predicted octanol–water partition coefficient (Wildman–Crippen LogP) is 4.20. The highest BCUT2D eigenvalue weighted by Crippen LogP contribution is 2.56. The molecule has 2 aliphatic heterocycles. The maximum atomic E-state index is 14.1. The summed E-state index contributed by atoms with van der Waals surface area (Å²) in [6.45, 7) is 2.88. The van der Waals surface area contributed by atoms with Crippen LogP contribution < -0.4 is 9.80 Å². The lowest BCUT2D eigenvalue weighted by atomic mass is 9.59. The second kappa shape index (κ2) is 9.92. The number of phenols is 1. The number of nitrogens with zero attached hydrogens (tertiary/aromatic N) is 2. The molecule has 2 aromatic carbocycles. The average molecular weight is 615 g/mol. The fourth-order valence-electron chi connectivity index (χ4n) is 7.18. The van der Waals surface area contributed by atoms with Gasteiger partial charge in [0.2, 0.25) is 11.8 Å². The molecule has 2 aromatic rings. The first kappa shape index (κ1) is 26.1. The highest BCUT2D eigenvalue weighted by atomic mass is 79.9. The Kier molecular flexibility index (Phi) is 6.32. The van der Waals surface area contributed by atoms with E-state index in [9.17, 15) is 24.3 Å². The molecule has 8 nitrogen and oxygen atoms in total. The number of halogens is 1. The number of anilines is 2. The summed E-state index contributed by atoms with van der Waals surface area (Å²) in [5.74, 6) is -3.49. The zero-order chi connectivity index (χ0) is 28.4. The van der Waals surface area contributed by atoms with E-state index in [4.69, 9.17) is 4.74 Å². The van der Waals surface area contributed by atoms with Gasteiger partial charge in [-0.2, -0.15) is 0 Å². The molecular formula is C32H27BrN2O6. The van der Waals surface area contributed by atoms with Crippen LogP contribution in [-0.2, 0) is 23.9 Å². The fraction of sp³-hybridized carbons (Fsp3) is 0.312. The fourth-order valence-corrected chi connectivity index (χ4v) is 7.63. The number of morpholine rings is 1. The van der Waals surface area contributed by atoms with Crippen LogP contribution in [0.5, 0.6) is 5.75 Å². The zero-order valence-corrected chi connectivity index (χ0v) is 23.7. The monoisotopic (exact) mass is 614 g/mol. The van der Waals surface area contributed by atoms with Crippen LogP contribution in [0, 0.1) is 17.8 Å². The number of amides is 2. The maximum Gasteiger partial charge on any atom is 0.238 e. The molecule has 0 unspecified atom stereocenters. The van der Waals surface area contributed by atoms with Crippen molar-refractivity contribution in [2.45, 2.75) is 18.8 Å². The highest BCUT2D eigenvalue weighted by molar-refractivity contribution is 9.12. The van der Waals surface area contributed by atoms with E-state index in [2.05, 4.69) is 20.8 Å². The molecule has 0 spiro atoms. The molecule has 41 heavy (non-hydrogen) atoms. The SMILES string of the molecule is O=C1C=C(Br)C(=O)C2=C1[C@@H](c1ccccc1O)C1=CC[C@@H]3C(=O)N(c4ccc(N5CCOCC5)cc4)C(=O)[C@@H]3[C@@H]1C2. The number of ketones is 2. The molecule has 2 heterocycles. The zero-order valence-electron chi connectivity index (χ0n) is 22.1. The van der Waals surface area contributed by atoms with E-state index in [0.29, 0.717) is 42.0 Å². The number of aromatic hydroxyl groups is 1. The lowest BCUT2D eigenvalue weighted by Gasteiger charge is -2.42. The van der Waals surface area contributed by atoms with Gasteiger partial charge < -0.3 is 14.7 Å². The number of carbonyl (C=O) groups excluding carboxylic acids is 4. The highest BCUT2D eigenvalue weighted by Gasteiger charge is 2.56. The maximum absolute atomic E-state index is 14.1. The summed E-state index contributed by atoms with van der Waals surface area (Å²) in [4.78, 5) is 58.0. The first-order valence-corrected chi connectivity index (χ1v) is 14.6. The number of imide groups is 1. The van der Waals surface area contributed by atoms with Crippen LogP contribution in [0.15, 0.2) is 81.9 Å². The summed E-state index contributed by atoms with van der Waals surface area (Å²) in [5.41, 5.74) is 3.53. The summed E-state index contributed by atoms with van der Waals surface area (Å²) in [6.07, 6.45) is 3.77. The molecule has 208 valence electrons. The van der Waals surface area contributed by atoms with Crippen LogP contribution in [0.2, 0.25) is 0 Å². The van der Waals surface area contributed by atoms with E-state index < -0.39 is 23.7 Å². The molecular weight excluding hydrogens is 588 g/mol. The number of rotatable bonds is 3. The number of fused-ring (bicyclic) bond motifs is 3. The predicted molar refractivity (Wildman–Crippen MR) is 155 cm³/mol. The van der Waals surface area contributed by atoms with E-state index in [-0.39, 0.29) is 40.0 Å². The van der Waals surface area contributed by atoms with Crippen molar-refractivity contribution < 1.29 is 29.0 Å². The van der Waals surface area contributed by atoms with Gasteiger partial charge in [0.05, 0.1) is 35.2 Å². The van der Waals surface area contributed by atoms with E-state index >= 15 is 0 Å². The van der Waals surface area contributed by atoms with Crippen LogP contribution in [0.3, 0.4) is 0 Å². The van der Waals surface area contributed by atoms with Gasteiger partial charge in [0, 0.05) is 47.5 Å². The second-order valence-electron chi connectivity index (χ2n) is 11.1. The third kappa shape index (κ3) is 4.05. The van der Waals surface area contributed by atoms with Gasteiger partial charge in [-0.3, -0.25) is 24.1 Å². The average Bonchev–Trinajstić information content (AvgIpc) is 3.25. The van der Waals surface area contributed by atoms with Gasteiger partial charge in [-0.15, -0.1) is 0 Å². The van der Waals surface area contributed by atoms with Crippen molar-refractivity contribution in [1.82, 2.24) is 0 Å². The minimum atomic E-state index is -0.677. The van der Waals surface area contributed by atoms with E-state index in [0.717, 1.165) is 24.4 Å². The minimum Gasteiger partial charge on any atom is -0.508 e. The first-order valence-electron chi connectivity index (χ1n) is 13.8. The van der Waals surface area contributed by atoms with Crippen molar-refractivity contribution in [2.24, 2.45) is 17.8 Å². The molecule has 0 radical (unpaired) electrons. The molecule has 4 atom stereocenters. The van der Waals surface area contributed by atoms with Gasteiger partial charge in [-0.25, -0.2) is 0 Å². The summed E-state index contributed by atoms with van der Waals surface area (Å²) in [6, 6.07) is 14.2. The number of hydrogen-bond donors (Lipinski definition) is 1. The molecule has 0 bridgehead atoms. The summed E-state index contributed by atoms with van der Waals surface area (Å²) < 4.78 is 5.61. The molecule has 0 aromatic heterocycles. The van der Waals surface area contributed by atoms with Gasteiger partial charge in [-0.1, -0.05) is 29.8 Å². The van der Waals surface area contributed by atoms with E-state index in [1.54, 1.807) is 24.3 Å². The Balaban J connectivity index is 1.27. The largest absolute Gasteiger partial charge is 0.508 e. The molecule has 2 fully saturated rings. The molecule has 9 heteroatoms. The van der Waals surface area contributed by atoms with Crippen molar-refractivity contribution >= 4 is 50.7 Å². The van der Waals surface area contributed by atoms with Gasteiger partial charge in [0.15, 0.2) is 11.6 Å². The Labute approximate surface area is 245 Å². The van der Waals surface area contributed by atoms with Gasteiger partial charge >= 0.3 is 0 Å². The Morgan fingerprint density at radius 3 is 2.32 bits per heavy atom. The second-order valence-corrected chi connectivity index (χ2v) is 11.9. The summed E-state index contributed by atoms with van der Waals surface area (Å²) >= 11 is 3.24. The number of hydrogen-bond acceptors (Lipinski definition) is 7. The van der Waals surface area contributed by atoms with Crippen molar-refractivity contribution in [2.75, 3.05) is 36.1 Å². The number of phenolic OH excluding ortho intramolecular Hbond substituents is 1. The molecule has 1 N–H and O–H groups in total. The number of allylic oxidation sites excluding steroid dienone is 6. The smallest absolute Gasteiger partial charge is 0.238 e. The summed E-state index contributed by atoms with van der Waals surface area (Å²) in [7, 11) is 0. The summed E-state index contributed by atoms with van der Waals surface area (Å²) in [5, 5.41) is 10.8. The Bertz CT molecular complexity index is 1600. The number of para-hydroxylation sites is 1. The van der Waals surface area contributed by atoms with Crippen LogP contribution in [0.1, 0.15) is 24.3 Å². The molecule has 0 saturated carbocycles. The number of benzene rings is 2. The van der Waals surface area contributed by atoms with Crippen molar-refractivity contribution in [3.8, 4) is 5.75 Å². The van der Waals surface area contributed by atoms with Crippen molar-refractivity contribution in [3.05, 3.63) is 87.4 Å². The lowest BCUT2D eigenvalue weighted by Crippen LogP contribution is -2.39. The number of Topliss-reactive ketones (excluding diaryl/α,β-unsaturated/α-hetero) is 1. The molecule has 2 amide bonds. The molecule has 2 saturated heterocycles. The van der Waals surface area contributed by atoms with Gasteiger partial charge in [0.1, 0.15) is 5.75 Å². The van der Waals surface area contributed by atoms with Gasteiger partial charge in [0.25, 0.3) is 0 Å². The van der Waals surface area contributed by atoms with Crippen LogP contribution in [-0.4, -0.2) is 54.8 Å². The first-order chi connectivity index (χ1) is 19.8. The Hall–Kier alpha value is -3.82. The van der Waals surface area contributed by atoms with Crippen LogP contribution >= 0.6 is 15.9 Å². The normalized spacial score (nSPS) is 27.8. The molecule has 7 rings (SSSR count). The van der Waals surface area contributed by atoms with Gasteiger partial charge in [-0.05, 0) is 65.0 Å². The van der Waals surface area contributed by atoms with Crippen molar-refractivity contribution in [1.29, 1.82) is 0 Å². The molecule has 3 aliphatic carbocycles. The van der Waals surface area contributed by atoms with E-state index in [1.807, 2.05) is 30.3 Å². The Morgan fingerprint density at radius 1 is 0.878 bits per heavy atom. The topological polar surface area (TPSA) is 104 Å². The number of carbonyl (C=O) groups is 4. The van der Waals surface area contributed by atoms with Crippen LogP contribution in [0.25, 0.3) is 0 Å². The third-order valence-electron chi connectivity index (χ3n) is 9.06. The van der Waals surface area contributed by atoms with E-state index in [1.165, 1.54) is 11.0 Å². The van der Waals surface area contributed by atoms with Crippen molar-refractivity contribution in [3.63, 3.8) is 0 Å². The standard InChI is InChI=1S/C32H27BrN2O6/c33-24-16-26(37)29-23(30(24)38)15-22-19(27(29)20-3-1-2-4-25(20)36)9-10-21-28(22)32(40)35(31(21)39)18-7-5-17(6-8-18)34-11-13-41-14-12-34/h1-9,16,21-22,27-28,36H,10-15H2/t21-,22+,27+,28-/m0/s1. The molecule has 5 aliphatic rings. The Morgan fingerprint density at radius 2 is 1.59 bits per heavy atom. The quantitative estimate of drug-likeness (QED) is 0.314. The van der Waals surface area contributed by atoms with Crippen LogP contribution in [0.4, 0.5) is 11.4 Å². The lowest BCUT2D eigenvalue weighted by molar-refractivity contribution is -0.123. The minimum absolute atomic E-state index is 0.0118. The third-order valence-corrected chi connectivity index (χ3v) is 9.65. The number of ether oxygens (including phenoxy) is 1.